The Morgan fingerprint density at radius 1 is 1.37 bits per heavy atom. The average Bonchev–Trinajstić information content (AvgIpc) is 3.42. The van der Waals surface area contributed by atoms with Crippen LogP contribution in [0.25, 0.3) is 0 Å². The second kappa shape index (κ2) is 11.5. The van der Waals surface area contributed by atoms with Crippen molar-refractivity contribution in [2.24, 2.45) is 5.73 Å². The number of hydrogen-bond acceptors (Lipinski definition) is 9. The van der Waals surface area contributed by atoms with E-state index in [-0.39, 0.29) is 44.3 Å². The second-order valence-corrected chi connectivity index (χ2v) is 8.76. The molecule has 1 aliphatic heterocycles. The van der Waals surface area contributed by atoms with Crippen molar-refractivity contribution in [3.8, 4) is 0 Å². The van der Waals surface area contributed by atoms with Gasteiger partial charge in [0.1, 0.15) is 24.3 Å². The van der Waals surface area contributed by atoms with Crippen LogP contribution in [0.15, 0.2) is 18.2 Å². The van der Waals surface area contributed by atoms with Crippen molar-refractivity contribution in [3.05, 3.63) is 41.2 Å². The molecule has 0 bridgehead atoms. The van der Waals surface area contributed by atoms with Gasteiger partial charge in [0, 0.05) is 24.7 Å². The first-order valence-electron chi connectivity index (χ1n) is 11.0. The fourth-order valence-corrected chi connectivity index (χ4v) is 3.29. The minimum Gasteiger partial charge on any atom is -0.447 e. The number of tetrazole rings is 1. The molecule has 2 aromatic rings. The number of aliphatic hydroxyl groups excluding tert-OH is 1. The number of carbonyl (C=O) groups is 2. The third-order valence-corrected chi connectivity index (χ3v) is 5.27. The number of likely N-dealkylation sites (tertiary alicyclic amines) is 1. The molecule has 1 saturated heterocycles. The van der Waals surface area contributed by atoms with Crippen molar-refractivity contribution in [1.82, 2.24) is 30.4 Å². The predicted octanol–water partition coefficient (Wildman–Crippen LogP) is 0.266. The molecule has 12 nitrogen and oxygen atoms in total. The highest BCUT2D eigenvalue weighted by Crippen LogP contribution is 2.16. The van der Waals surface area contributed by atoms with Gasteiger partial charge in [0.25, 0.3) is 0 Å². The van der Waals surface area contributed by atoms with Crippen molar-refractivity contribution >= 4 is 12.0 Å². The van der Waals surface area contributed by atoms with Crippen molar-refractivity contribution in [2.45, 2.75) is 51.1 Å². The number of amides is 2. The van der Waals surface area contributed by atoms with Crippen LogP contribution in [-0.2, 0) is 27.4 Å². The van der Waals surface area contributed by atoms with Crippen LogP contribution in [0.4, 0.5) is 13.6 Å². The molecule has 1 fully saturated rings. The standard InChI is InChI=1S/C21H29F2N7O5/c1-21(2,24)19(32)25-17(12-34-11-13-3-4-14(22)9-16(13)23)18-26-27-28-30(18)7-8-35-20(33)29-6-5-15(31)10-29/h3-4,9,15,17,31H,5-8,10-12,24H2,1-2H3,(H,25,32)/t15-,17-/m1/s1. The number of benzene rings is 1. The Morgan fingerprint density at radius 2 is 2.14 bits per heavy atom. The van der Waals surface area contributed by atoms with Crippen LogP contribution in [0.3, 0.4) is 0 Å². The summed E-state index contributed by atoms with van der Waals surface area (Å²) in [6.45, 7) is 3.34. The molecule has 2 atom stereocenters. The fourth-order valence-electron chi connectivity index (χ4n) is 3.29. The van der Waals surface area contributed by atoms with Gasteiger partial charge < -0.3 is 30.5 Å². The van der Waals surface area contributed by atoms with Crippen LogP contribution < -0.4 is 11.1 Å². The van der Waals surface area contributed by atoms with E-state index in [4.69, 9.17) is 15.2 Å². The number of carbonyl (C=O) groups excluding carboxylic acids is 2. The first-order chi connectivity index (χ1) is 16.5. The molecule has 0 spiro atoms. The van der Waals surface area contributed by atoms with Crippen LogP contribution in [-0.4, -0.2) is 80.2 Å². The quantitative estimate of drug-likeness (QED) is 0.419. The molecule has 0 radical (unpaired) electrons. The van der Waals surface area contributed by atoms with Gasteiger partial charge in [-0.1, -0.05) is 6.07 Å². The molecule has 192 valence electrons. The summed E-state index contributed by atoms with van der Waals surface area (Å²) < 4.78 is 39.2. The largest absolute Gasteiger partial charge is 0.447 e. The Balaban J connectivity index is 1.64. The molecule has 1 aromatic heterocycles. The highest BCUT2D eigenvalue weighted by molar-refractivity contribution is 5.85. The van der Waals surface area contributed by atoms with Gasteiger partial charge in [-0.3, -0.25) is 4.79 Å². The summed E-state index contributed by atoms with van der Waals surface area (Å²) in [5, 5.41) is 23.7. The molecule has 2 heterocycles. The van der Waals surface area contributed by atoms with E-state index in [0.717, 1.165) is 12.1 Å². The lowest BCUT2D eigenvalue weighted by atomic mass is 10.1. The number of hydrogen-bond donors (Lipinski definition) is 3. The Hall–Kier alpha value is -3.23. The fraction of sp³-hybridized carbons (Fsp3) is 0.571. The van der Waals surface area contributed by atoms with E-state index in [0.29, 0.717) is 13.0 Å². The normalized spacial score (nSPS) is 16.9. The number of ether oxygens (including phenoxy) is 2. The first-order valence-corrected chi connectivity index (χ1v) is 11.0. The summed E-state index contributed by atoms with van der Waals surface area (Å²) in [4.78, 5) is 26.0. The smallest absolute Gasteiger partial charge is 0.409 e. The Morgan fingerprint density at radius 3 is 2.80 bits per heavy atom. The summed E-state index contributed by atoms with van der Waals surface area (Å²) in [5.74, 6) is -1.77. The van der Waals surface area contributed by atoms with Gasteiger partial charge in [0.2, 0.25) is 5.91 Å². The molecule has 3 rings (SSSR count). The summed E-state index contributed by atoms with van der Waals surface area (Å²) in [7, 11) is 0. The summed E-state index contributed by atoms with van der Waals surface area (Å²) in [6, 6.07) is 2.26. The van der Waals surface area contributed by atoms with Crippen LogP contribution in [0.5, 0.6) is 0 Å². The van der Waals surface area contributed by atoms with Crippen LogP contribution >= 0.6 is 0 Å². The number of halogens is 2. The highest BCUT2D eigenvalue weighted by Gasteiger charge is 2.29. The number of β-amino-alcohol motifs (C(OH)–C–C–N with tert-alkyl or cyclic N) is 1. The topological polar surface area (TPSA) is 158 Å². The number of aromatic nitrogens is 4. The van der Waals surface area contributed by atoms with E-state index >= 15 is 0 Å². The lowest BCUT2D eigenvalue weighted by Gasteiger charge is -2.24. The summed E-state index contributed by atoms with van der Waals surface area (Å²) in [5.41, 5.74) is 4.80. The van der Waals surface area contributed by atoms with E-state index in [1.807, 2.05) is 0 Å². The lowest BCUT2D eigenvalue weighted by molar-refractivity contribution is -0.126. The zero-order chi connectivity index (χ0) is 25.6. The Kier molecular flexibility index (Phi) is 8.64. The van der Waals surface area contributed by atoms with Crippen molar-refractivity contribution in [1.29, 1.82) is 0 Å². The van der Waals surface area contributed by atoms with Crippen molar-refractivity contribution in [2.75, 3.05) is 26.3 Å². The van der Waals surface area contributed by atoms with Gasteiger partial charge in [-0.25, -0.2) is 18.3 Å². The molecular weight excluding hydrogens is 468 g/mol. The van der Waals surface area contributed by atoms with Gasteiger partial charge in [-0.2, -0.15) is 0 Å². The van der Waals surface area contributed by atoms with Gasteiger partial charge in [0.05, 0.1) is 31.4 Å². The number of nitrogens with one attached hydrogen (secondary N) is 1. The molecule has 0 aliphatic carbocycles. The van der Waals surface area contributed by atoms with E-state index in [2.05, 4.69) is 20.8 Å². The monoisotopic (exact) mass is 497 g/mol. The van der Waals surface area contributed by atoms with Gasteiger partial charge in [-0.15, -0.1) is 5.10 Å². The summed E-state index contributed by atoms with van der Waals surface area (Å²) in [6.07, 6.45) is -0.629. The first kappa shape index (κ1) is 26.4. The second-order valence-electron chi connectivity index (χ2n) is 8.76. The van der Waals surface area contributed by atoms with Crippen LogP contribution in [0.2, 0.25) is 0 Å². The molecule has 1 aliphatic rings. The molecule has 1 aromatic carbocycles. The third-order valence-electron chi connectivity index (χ3n) is 5.27. The SMILES string of the molecule is CC(C)(N)C(=O)N[C@H](COCc1ccc(F)cc1F)c1nnnn1CCOC(=O)N1CC[C@@H](O)C1. The molecule has 0 saturated carbocycles. The Bertz CT molecular complexity index is 1030. The van der Waals surface area contributed by atoms with Crippen LogP contribution in [0.1, 0.15) is 37.7 Å². The van der Waals surface area contributed by atoms with Gasteiger partial charge in [0.15, 0.2) is 5.82 Å². The maximum Gasteiger partial charge on any atom is 0.409 e. The maximum absolute atomic E-state index is 13.9. The Labute approximate surface area is 200 Å². The molecule has 35 heavy (non-hydrogen) atoms. The molecule has 0 unspecified atom stereocenters. The zero-order valence-corrected chi connectivity index (χ0v) is 19.5. The maximum atomic E-state index is 13.9. The van der Waals surface area contributed by atoms with E-state index in [9.17, 15) is 23.5 Å². The predicted molar refractivity (Wildman–Crippen MR) is 117 cm³/mol. The molecule has 4 N–H and O–H groups in total. The number of nitrogens with two attached hydrogens (primary N) is 1. The average molecular weight is 498 g/mol. The summed E-state index contributed by atoms with van der Waals surface area (Å²) >= 11 is 0. The number of rotatable bonds is 10. The molecular formula is C21H29F2N7O5. The van der Waals surface area contributed by atoms with Crippen molar-refractivity contribution in [3.63, 3.8) is 0 Å². The number of aliphatic hydroxyl groups is 1. The zero-order valence-electron chi connectivity index (χ0n) is 19.5. The van der Waals surface area contributed by atoms with Crippen LogP contribution in [0, 0.1) is 11.6 Å². The third kappa shape index (κ3) is 7.37. The molecule has 14 heteroatoms. The molecule has 2 amide bonds. The minimum absolute atomic E-state index is 0.0613. The van der Waals surface area contributed by atoms with E-state index in [1.54, 1.807) is 0 Å². The van der Waals surface area contributed by atoms with Gasteiger partial charge >= 0.3 is 6.09 Å². The number of nitrogens with zero attached hydrogens (tertiary/aromatic N) is 5. The minimum atomic E-state index is -1.21. The van der Waals surface area contributed by atoms with Crippen molar-refractivity contribution < 1.29 is 33.0 Å². The van der Waals surface area contributed by atoms with E-state index in [1.165, 1.54) is 29.5 Å². The highest BCUT2D eigenvalue weighted by atomic mass is 19.1. The lowest BCUT2D eigenvalue weighted by Crippen LogP contribution is -2.51. The van der Waals surface area contributed by atoms with E-state index < -0.39 is 41.3 Å². The van der Waals surface area contributed by atoms with Gasteiger partial charge in [-0.05, 0) is 36.8 Å².